The number of esters is 1. The van der Waals surface area contributed by atoms with Gasteiger partial charge < -0.3 is 4.74 Å². The van der Waals surface area contributed by atoms with Gasteiger partial charge in [-0.3, -0.25) is 0 Å². The van der Waals surface area contributed by atoms with Gasteiger partial charge in [0.2, 0.25) is 0 Å². The lowest BCUT2D eigenvalue weighted by molar-refractivity contribution is 0.0731. The summed E-state index contributed by atoms with van der Waals surface area (Å²) in [6.45, 7) is 14.9. The summed E-state index contributed by atoms with van der Waals surface area (Å²) in [6, 6.07) is 13.6. The van der Waals surface area contributed by atoms with E-state index < -0.39 is 0 Å². The minimum atomic E-state index is -0.315. The van der Waals surface area contributed by atoms with E-state index in [9.17, 15) is 4.79 Å². The molecule has 0 saturated carbocycles. The van der Waals surface area contributed by atoms with E-state index >= 15 is 0 Å². The lowest BCUT2D eigenvalue weighted by Gasteiger charge is -2.23. The second-order valence-electron chi connectivity index (χ2n) is 8.47. The highest BCUT2D eigenvalue weighted by molar-refractivity contribution is 5.91. The Morgan fingerprint density at radius 2 is 1.42 bits per heavy atom. The molecule has 2 nitrogen and oxygen atoms in total. The standard InChI is InChI=1S/C22H28O2/c1-15-8-13-19(18(14-15)22(5,6)7)24-20(23)16-9-11-17(12-10-16)21(2,3)4/h8-14H,1-7H3. The van der Waals surface area contributed by atoms with Crippen LogP contribution in [0.1, 0.15) is 68.6 Å². The van der Waals surface area contributed by atoms with Crippen LogP contribution in [-0.2, 0) is 10.8 Å². The first-order valence-corrected chi connectivity index (χ1v) is 8.42. The predicted molar refractivity (Wildman–Crippen MR) is 100.0 cm³/mol. The Bertz CT molecular complexity index is 726. The number of hydrogen-bond acceptors (Lipinski definition) is 2. The maximum atomic E-state index is 12.5. The van der Waals surface area contributed by atoms with Crippen molar-refractivity contribution in [2.45, 2.75) is 59.3 Å². The molecule has 0 N–H and O–H groups in total. The van der Waals surface area contributed by atoms with Gasteiger partial charge in [-0.2, -0.15) is 0 Å². The van der Waals surface area contributed by atoms with Crippen LogP contribution in [0.5, 0.6) is 5.75 Å². The molecule has 2 heteroatoms. The Labute approximate surface area is 145 Å². The highest BCUT2D eigenvalue weighted by atomic mass is 16.5. The number of rotatable bonds is 2. The van der Waals surface area contributed by atoms with Gasteiger partial charge in [-0.1, -0.05) is 71.4 Å². The molecule has 2 rings (SSSR count). The Kier molecular flexibility index (Phi) is 4.89. The second kappa shape index (κ2) is 6.43. The van der Waals surface area contributed by atoms with Crippen LogP contribution in [0.2, 0.25) is 0 Å². The van der Waals surface area contributed by atoms with Crippen molar-refractivity contribution in [1.82, 2.24) is 0 Å². The Morgan fingerprint density at radius 1 is 0.833 bits per heavy atom. The third kappa shape index (κ3) is 4.25. The van der Waals surface area contributed by atoms with E-state index in [-0.39, 0.29) is 16.8 Å². The monoisotopic (exact) mass is 324 g/mol. The van der Waals surface area contributed by atoms with E-state index in [1.165, 1.54) is 5.56 Å². The number of aryl methyl sites for hydroxylation is 1. The molecule has 0 aliphatic heterocycles. The second-order valence-corrected chi connectivity index (χ2v) is 8.47. The van der Waals surface area contributed by atoms with Crippen molar-refractivity contribution in [2.75, 3.05) is 0 Å². The number of carbonyl (C=O) groups is 1. The van der Waals surface area contributed by atoms with Crippen molar-refractivity contribution in [2.24, 2.45) is 0 Å². The van der Waals surface area contributed by atoms with Gasteiger partial charge >= 0.3 is 5.97 Å². The highest BCUT2D eigenvalue weighted by Crippen LogP contribution is 2.32. The first-order chi connectivity index (χ1) is 11.0. The van der Waals surface area contributed by atoms with E-state index in [0.29, 0.717) is 11.3 Å². The van der Waals surface area contributed by atoms with E-state index in [4.69, 9.17) is 4.74 Å². The van der Waals surface area contributed by atoms with Crippen molar-refractivity contribution < 1.29 is 9.53 Å². The van der Waals surface area contributed by atoms with Crippen LogP contribution >= 0.6 is 0 Å². The third-order valence-corrected chi connectivity index (χ3v) is 4.13. The molecular formula is C22H28O2. The van der Waals surface area contributed by atoms with Gasteiger partial charge in [-0.15, -0.1) is 0 Å². The van der Waals surface area contributed by atoms with Gasteiger partial charge in [-0.05, 0) is 41.5 Å². The zero-order chi connectivity index (χ0) is 18.1. The van der Waals surface area contributed by atoms with Gasteiger partial charge in [0.05, 0.1) is 5.56 Å². The van der Waals surface area contributed by atoms with Crippen molar-refractivity contribution in [3.63, 3.8) is 0 Å². The van der Waals surface area contributed by atoms with Crippen LogP contribution in [0.15, 0.2) is 42.5 Å². The summed E-state index contributed by atoms with van der Waals surface area (Å²) < 4.78 is 5.70. The molecule has 0 amide bonds. The Morgan fingerprint density at radius 3 is 1.92 bits per heavy atom. The molecule has 0 unspecified atom stereocenters. The number of carbonyl (C=O) groups excluding carboxylic acids is 1. The molecule has 128 valence electrons. The molecule has 0 aromatic heterocycles. The van der Waals surface area contributed by atoms with Gasteiger partial charge in [-0.25, -0.2) is 4.79 Å². The highest BCUT2D eigenvalue weighted by Gasteiger charge is 2.21. The van der Waals surface area contributed by atoms with E-state index in [1.807, 2.05) is 43.3 Å². The zero-order valence-electron chi connectivity index (χ0n) is 15.9. The van der Waals surface area contributed by atoms with Crippen molar-refractivity contribution in [1.29, 1.82) is 0 Å². The topological polar surface area (TPSA) is 26.3 Å². The summed E-state index contributed by atoms with van der Waals surface area (Å²) >= 11 is 0. The third-order valence-electron chi connectivity index (χ3n) is 4.13. The summed E-state index contributed by atoms with van der Waals surface area (Å²) in [5, 5.41) is 0. The molecule has 2 aromatic carbocycles. The van der Waals surface area contributed by atoms with Crippen LogP contribution in [0.3, 0.4) is 0 Å². The normalized spacial score (nSPS) is 12.1. The van der Waals surface area contributed by atoms with E-state index in [1.54, 1.807) is 0 Å². The fraction of sp³-hybridized carbons (Fsp3) is 0.409. The van der Waals surface area contributed by atoms with Gasteiger partial charge in [0.1, 0.15) is 5.75 Å². The maximum absolute atomic E-state index is 12.5. The molecule has 0 bridgehead atoms. The van der Waals surface area contributed by atoms with E-state index in [0.717, 1.165) is 11.1 Å². The molecule has 0 aliphatic rings. The summed E-state index contributed by atoms with van der Waals surface area (Å²) in [5.41, 5.74) is 3.96. The summed E-state index contributed by atoms with van der Waals surface area (Å²) in [5.74, 6) is 0.322. The van der Waals surface area contributed by atoms with Crippen LogP contribution < -0.4 is 4.74 Å². The van der Waals surface area contributed by atoms with E-state index in [2.05, 4.69) is 47.6 Å². The fourth-order valence-corrected chi connectivity index (χ4v) is 2.58. The van der Waals surface area contributed by atoms with Gasteiger partial charge in [0.15, 0.2) is 0 Å². The minimum absolute atomic E-state index is 0.0683. The summed E-state index contributed by atoms with van der Waals surface area (Å²) in [6.07, 6.45) is 0. The first kappa shape index (κ1) is 18.3. The first-order valence-electron chi connectivity index (χ1n) is 8.42. The lowest BCUT2D eigenvalue weighted by Crippen LogP contribution is -2.17. The summed E-state index contributed by atoms with van der Waals surface area (Å²) in [4.78, 5) is 12.5. The molecule has 0 fully saturated rings. The van der Waals surface area contributed by atoms with Crippen LogP contribution in [0.4, 0.5) is 0 Å². The Hall–Kier alpha value is -2.09. The van der Waals surface area contributed by atoms with Gasteiger partial charge in [0.25, 0.3) is 0 Å². The molecule has 0 radical (unpaired) electrons. The SMILES string of the molecule is Cc1ccc(OC(=O)c2ccc(C(C)(C)C)cc2)c(C(C)(C)C)c1. The predicted octanol–water partition coefficient (Wildman–Crippen LogP) is 5.81. The molecule has 0 saturated heterocycles. The quantitative estimate of drug-likeness (QED) is 0.515. The molecule has 0 atom stereocenters. The lowest BCUT2D eigenvalue weighted by atomic mass is 9.85. The van der Waals surface area contributed by atoms with Crippen LogP contribution in [0, 0.1) is 6.92 Å². The molecule has 0 spiro atoms. The minimum Gasteiger partial charge on any atom is -0.423 e. The average Bonchev–Trinajstić information content (AvgIpc) is 2.47. The maximum Gasteiger partial charge on any atom is 0.343 e. The number of hydrogen-bond donors (Lipinski definition) is 0. The molecule has 24 heavy (non-hydrogen) atoms. The molecule has 0 aliphatic carbocycles. The average molecular weight is 324 g/mol. The smallest absolute Gasteiger partial charge is 0.343 e. The zero-order valence-corrected chi connectivity index (χ0v) is 15.9. The molecule has 0 heterocycles. The van der Waals surface area contributed by atoms with Crippen molar-refractivity contribution in [3.05, 3.63) is 64.7 Å². The molecular weight excluding hydrogens is 296 g/mol. The Balaban J connectivity index is 2.27. The van der Waals surface area contributed by atoms with Crippen LogP contribution in [-0.4, -0.2) is 5.97 Å². The van der Waals surface area contributed by atoms with Gasteiger partial charge in [0, 0.05) is 5.56 Å². The summed E-state index contributed by atoms with van der Waals surface area (Å²) in [7, 11) is 0. The van der Waals surface area contributed by atoms with Crippen molar-refractivity contribution in [3.8, 4) is 5.75 Å². The number of benzene rings is 2. The number of ether oxygens (including phenoxy) is 1. The fourth-order valence-electron chi connectivity index (χ4n) is 2.58. The van der Waals surface area contributed by atoms with Crippen molar-refractivity contribution >= 4 is 5.97 Å². The molecule has 2 aromatic rings. The largest absolute Gasteiger partial charge is 0.423 e. The van der Waals surface area contributed by atoms with Crippen LogP contribution in [0.25, 0.3) is 0 Å².